The Bertz CT molecular complexity index is 757. The molecule has 2 N–H and O–H groups in total. The smallest absolute Gasteiger partial charge is 0.261 e. The molecule has 2 rings (SSSR count). The van der Waals surface area contributed by atoms with E-state index in [2.05, 4.69) is 36.6 Å². The van der Waals surface area contributed by atoms with Crippen molar-refractivity contribution in [2.45, 2.75) is 33.1 Å². The maximum Gasteiger partial charge on any atom is 0.261 e. The van der Waals surface area contributed by atoms with Crippen molar-refractivity contribution in [3.63, 3.8) is 0 Å². The first kappa shape index (κ1) is 18.9. The van der Waals surface area contributed by atoms with E-state index in [4.69, 9.17) is 17.0 Å². The molecule has 4 nitrogen and oxygen atoms in total. The highest BCUT2D eigenvalue weighted by Gasteiger charge is 2.15. The average Bonchev–Trinajstić information content (AvgIpc) is 2.61. The number of ether oxygens (including phenoxy) is 1. The number of methoxy groups -OCH3 is 1. The third-order valence-corrected chi connectivity index (χ3v) is 4.44. The lowest BCUT2D eigenvalue weighted by atomic mass is 9.99. The molecule has 0 aliphatic heterocycles. The molecule has 2 aromatic rings. The number of benzene rings is 2. The van der Waals surface area contributed by atoms with Gasteiger partial charge in [0.2, 0.25) is 0 Å². The van der Waals surface area contributed by atoms with Crippen molar-refractivity contribution in [1.29, 1.82) is 0 Å². The minimum Gasteiger partial charge on any atom is -0.496 e. The quantitative estimate of drug-likeness (QED) is 0.766. The van der Waals surface area contributed by atoms with Crippen LogP contribution in [0.1, 0.15) is 47.7 Å². The lowest BCUT2D eigenvalue weighted by Crippen LogP contribution is -2.34. The zero-order valence-corrected chi connectivity index (χ0v) is 15.9. The van der Waals surface area contributed by atoms with Crippen molar-refractivity contribution in [1.82, 2.24) is 5.32 Å². The number of para-hydroxylation sites is 1. The second-order valence-corrected chi connectivity index (χ2v) is 6.40. The fraction of sp³-hybridized carbons (Fsp3) is 0.300. The second-order valence-electron chi connectivity index (χ2n) is 6.00. The van der Waals surface area contributed by atoms with Gasteiger partial charge in [-0.15, -0.1) is 0 Å². The monoisotopic (exact) mass is 356 g/mol. The molecule has 0 aromatic heterocycles. The van der Waals surface area contributed by atoms with Crippen LogP contribution in [0.3, 0.4) is 0 Å². The lowest BCUT2D eigenvalue weighted by Gasteiger charge is -2.14. The maximum absolute atomic E-state index is 12.4. The van der Waals surface area contributed by atoms with Crippen LogP contribution in [-0.4, -0.2) is 18.1 Å². The van der Waals surface area contributed by atoms with Gasteiger partial charge in [-0.1, -0.05) is 38.1 Å². The molecule has 0 bridgehead atoms. The SMILES string of the molecule is CCC(C)c1ccc(NC(=S)NC(=O)c2cccc(C)c2OC)cc1. The van der Waals surface area contributed by atoms with E-state index < -0.39 is 0 Å². The molecule has 25 heavy (non-hydrogen) atoms. The number of carbonyl (C=O) groups is 1. The van der Waals surface area contributed by atoms with Gasteiger partial charge in [-0.3, -0.25) is 10.1 Å². The molecule has 0 saturated heterocycles. The highest BCUT2D eigenvalue weighted by Crippen LogP contribution is 2.23. The first-order valence-corrected chi connectivity index (χ1v) is 8.73. The van der Waals surface area contributed by atoms with Crippen molar-refractivity contribution in [2.24, 2.45) is 0 Å². The van der Waals surface area contributed by atoms with E-state index in [0.29, 0.717) is 17.2 Å². The summed E-state index contributed by atoms with van der Waals surface area (Å²) >= 11 is 5.25. The van der Waals surface area contributed by atoms with E-state index in [0.717, 1.165) is 17.7 Å². The van der Waals surface area contributed by atoms with Crippen LogP contribution >= 0.6 is 12.2 Å². The minimum atomic E-state index is -0.297. The zero-order valence-electron chi connectivity index (χ0n) is 15.1. The van der Waals surface area contributed by atoms with Crippen LogP contribution in [0.25, 0.3) is 0 Å². The molecule has 2 aromatic carbocycles. The topological polar surface area (TPSA) is 50.4 Å². The summed E-state index contributed by atoms with van der Waals surface area (Å²) in [6.45, 7) is 6.26. The van der Waals surface area contributed by atoms with Crippen molar-refractivity contribution >= 4 is 28.9 Å². The molecule has 0 heterocycles. The predicted molar refractivity (Wildman–Crippen MR) is 107 cm³/mol. The predicted octanol–water partition coefficient (Wildman–Crippen LogP) is 4.64. The van der Waals surface area contributed by atoms with Crippen LogP contribution in [0, 0.1) is 6.92 Å². The number of aryl methyl sites for hydroxylation is 1. The Hall–Kier alpha value is -2.40. The number of nitrogens with one attached hydrogen (secondary N) is 2. The second kappa shape index (κ2) is 8.62. The summed E-state index contributed by atoms with van der Waals surface area (Å²) in [6, 6.07) is 13.5. The number of carbonyl (C=O) groups excluding carboxylic acids is 1. The molecule has 0 spiro atoms. The number of rotatable bonds is 5. The van der Waals surface area contributed by atoms with Crippen molar-refractivity contribution in [3.05, 3.63) is 59.2 Å². The molecule has 0 aliphatic carbocycles. The Balaban J connectivity index is 2.03. The third-order valence-electron chi connectivity index (χ3n) is 4.24. The lowest BCUT2D eigenvalue weighted by molar-refractivity contribution is 0.0974. The Morgan fingerprint density at radius 3 is 2.48 bits per heavy atom. The molecular weight excluding hydrogens is 332 g/mol. The molecule has 0 radical (unpaired) electrons. The molecule has 1 amide bonds. The molecule has 132 valence electrons. The van der Waals surface area contributed by atoms with Crippen LogP contribution in [0.4, 0.5) is 5.69 Å². The van der Waals surface area contributed by atoms with Crippen LogP contribution in [0.2, 0.25) is 0 Å². The number of anilines is 1. The van der Waals surface area contributed by atoms with Crippen LogP contribution in [-0.2, 0) is 0 Å². The number of amides is 1. The van der Waals surface area contributed by atoms with Gasteiger partial charge in [0, 0.05) is 5.69 Å². The summed E-state index contributed by atoms with van der Waals surface area (Å²) in [5.41, 5.74) is 3.48. The largest absolute Gasteiger partial charge is 0.496 e. The molecule has 0 fully saturated rings. The number of hydrogen-bond acceptors (Lipinski definition) is 3. The Morgan fingerprint density at radius 2 is 1.88 bits per heavy atom. The summed E-state index contributed by atoms with van der Waals surface area (Å²) in [5.74, 6) is 0.782. The van der Waals surface area contributed by atoms with Gasteiger partial charge in [-0.25, -0.2) is 0 Å². The summed E-state index contributed by atoms with van der Waals surface area (Å²) < 4.78 is 5.32. The summed E-state index contributed by atoms with van der Waals surface area (Å²) in [7, 11) is 1.55. The fourth-order valence-electron chi connectivity index (χ4n) is 2.57. The highest BCUT2D eigenvalue weighted by molar-refractivity contribution is 7.80. The van der Waals surface area contributed by atoms with E-state index in [-0.39, 0.29) is 11.0 Å². The summed E-state index contributed by atoms with van der Waals surface area (Å²) in [5, 5.41) is 5.99. The minimum absolute atomic E-state index is 0.254. The number of hydrogen-bond donors (Lipinski definition) is 2. The van der Waals surface area contributed by atoms with Crippen molar-refractivity contribution in [3.8, 4) is 5.75 Å². The average molecular weight is 356 g/mol. The maximum atomic E-state index is 12.4. The Kier molecular flexibility index (Phi) is 6.53. The van der Waals surface area contributed by atoms with Crippen LogP contribution in [0.15, 0.2) is 42.5 Å². The van der Waals surface area contributed by atoms with E-state index in [1.165, 1.54) is 5.56 Å². The van der Waals surface area contributed by atoms with Crippen molar-refractivity contribution < 1.29 is 9.53 Å². The highest BCUT2D eigenvalue weighted by atomic mass is 32.1. The summed E-state index contributed by atoms with van der Waals surface area (Å²) in [4.78, 5) is 12.4. The van der Waals surface area contributed by atoms with E-state index in [1.54, 1.807) is 13.2 Å². The molecule has 0 aliphatic rings. The van der Waals surface area contributed by atoms with E-state index >= 15 is 0 Å². The number of thiocarbonyl (C=S) groups is 1. The molecule has 1 unspecified atom stereocenters. The van der Waals surface area contributed by atoms with Gasteiger partial charge in [0.1, 0.15) is 5.75 Å². The zero-order chi connectivity index (χ0) is 18.4. The first-order chi connectivity index (χ1) is 12.0. The molecule has 5 heteroatoms. The molecule has 0 saturated carbocycles. The van der Waals surface area contributed by atoms with Gasteiger partial charge in [-0.2, -0.15) is 0 Å². The molecular formula is C20H24N2O2S. The van der Waals surface area contributed by atoms with Gasteiger partial charge in [0.05, 0.1) is 12.7 Å². The van der Waals surface area contributed by atoms with Crippen LogP contribution < -0.4 is 15.4 Å². The first-order valence-electron chi connectivity index (χ1n) is 8.32. The summed E-state index contributed by atoms with van der Waals surface area (Å²) in [6.07, 6.45) is 1.10. The van der Waals surface area contributed by atoms with Crippen LogP contribution in [0.5, 0.6) is 5.75 Å². The van der Waals surface area contributed by atoms with Gasteiger partial charge < -0.3 is 10.1 Å². The van der Waals surface area contributed by atoms with Gasteiger partial charge in [-0.05, 0) is 60.8 Å². The third kappa shape index (κ3) is 4.79. The standard InChI is InChI=1S/C20H24N2O2S/c1-5-13(2)15-9-11-16(12-10-15)21-20(25)22-19(23)17-8-6-7-14(3)18(17)24-4/h6-13H,5H2,1-4H3,(H2,21,22,23,25). The normalized spacial score (nSPS) is 11.5. The van der Waals surface area contributed by atoms with Gasteiger partial charge in [0.15, 0.2) is 5.11 Å². The van der Waals surface area contributed by atoms with E-state index in [9.17, 15) is 4.79 Å². The Morgan fingerprint density at radius 1 is 1.20 bits per heavy atom. The van der Waals surface area contributed by atoms with Gasteiger partial charge >= 0.3 is 0 Å². The Labute approximate surface area is 154 Å². The fourth-order valence-corrected chi connectivity index (χ4v) is 2.78. The van der Waals surface area contributed by atoms with E-state index in [1.807, 2.05) is 31.2 Å². The molecule has 1 atom stereocenters. The van der Waals surface area contributed by atoms with Gasteiger partial charge in [0.25, 0.3) is 5.91 Å². The van der Waals surface area contributed by atoms with Crippen molar-refractivity contribution in [2.75, 3.05) is 12.4 Å².